The number of amides is 5. The molecule has 0 spiro atoms. The van der Waals surface area contributed by atoms with Gasteiger partial charge in [-0.2, -0.15) is 5.10 Å². The lowest BCUT2D eigenvalue weighted by Gasteiger charge is -2.35. The predicted molar refractivity (Wildman–Crippen MR) is 357 cm³/mol. The monoisotopic (exact) mass is 1250 g/mol. The number of nitrogens with one attached hydrogen (secondary N) is 4. The number of thiazole rings is 2. The van der Waals surface area contributed by atoms with E-state index in [-0.39, 0.29) is 40.8 Å². The number of hydrogen-bond acceptors (Lipinski definition) is 14. The van der Waals surface area contributed by atoms with E-state index in [1.165, 1.54) is 55.4 Å². The van der Waals surface area contributed by atoms with E-state index in [0.717, 1.165) is 98.0 Å². The normalized spacial score (nSPS) is 17.3. The first-order valence-corrected chi connectivity index (χ1v) is 33.9. The van der Waals surface area contributed by atoms with Gasteiger partial charge in [0.2, 0.25) is 11.8 Å². The lowest BCUT2D eigenvalue weighted by atomic mass is 9.85. The van der Waals surface area contributed by atoms with Crippen LogP contribution in [0.2, 0.25) is 0 Å². The van der Waals surface area contributed by atoms with Crippen molar-refractivity contribution in [2.75, 3.05) is 41.3 Å². The van der Waals surface area contributed by atoms with Crippen LogP contribution >= 0.6 is 34.6 Å². The van der Waals surface area contributed by atoms with Crippen molar-refractivity contribution in [3.8, 4) is 21.6 Å². The Labute approximate surface area is 533 Å². The molecule has 1 saturated carbocycles. The van der Waals surface area contributed by atoms with Crippen LogP contribution in [0.4, 0.5) is 16.6 Å². The second kappa shape index (κ2) is 26.6. The number of aromatic nitrogens is 5. The van der Waals surface area contributed by atoms with Crippen molar-refractivity contribution in [1.82, 2.24) is 45.0 Å². The number of benzene rings is 4. The van der Waals surface area contributed by atoms with E-state index in [4.69, 9.17) is 10.1 Å². The number of para-hydroxylation sites is 1. The topological polar surface area (TPSA) is 200 Å². The number of nitrogens with zero attached hydrogens (tertiary/aromatic N) is 8. The fraction of sp³-hybridized carbons (Fsp3) is 0.406. The van der Waals surface area contributed by atoms with Gasteiger partial charge < -0.3 is 25.3 Å². The Hall–Kier alpha value is -7.94. The molecule has 0 radical (unpaired) electrons. The molecule has 8 aromatic rings. The number of fused-ring (bicyclic) bond motifs is 2. The summed E-state index contributed by atoms with van der Waals surface area (Å²) >= 11 is 4.50. The standard InChI is InChI=1S/C69H78N12O5S3/c1-42(46-21-23-48(24-22-46)61-43(2)70-41-87-61)72-65(84)57-19-13-34-80(57)67(86)62(69(4,5)6)75-63(82)49-25-27-50(28-26-49)78-36-32-51(33-37-78)89-77-66(85)60-52(54-38-71-81(44(54)3)39-45-14-8-7-9-15-45)29-30-59(74-60)79-35-31-47-16-12-17-53(55(47)40-79)64(83)76-68-73-56-18-10-11-20-58(56)88-68/h10-12,16-18,20-30,38,41-42,45,51,57,62H,7-9,13-15,19,31-37,39-40H2,1-6H3,(H,72,84)(H,75,82)(H,77,85)(H,73,76,83). The minimum absolute atomic E-state index is 0.144. The van der Waals surface area contributed by atoms with Crippen LogP contribution in [-0.4, -0.2) is 103 Å². The highest BCUT2D eigenvalue weighted by atomic mass is 32.2. The number of piperidine rings is 1. The second-order valence-electron chi connectivity index (χ2n) is 25.3. The van der Waals surface area contributed by atoms with Gasteiger partial charge in [0.1, 0.15) is 23.6 Å². The Kier molecular flexibility index (Phi) is 18.3. The van der Waals surface area contributed by atoms with Crippen molar-refractivity contribution >= 4 is 91.0 Å². The first-order valence-electron chi connectivity index (χ1n) is 31.3. The van der Waals surface area contributed by atoms with Gasteiger partial charge in [-0.3, -0.25) is 38.7 Å². The van der Waals surface area contributed by atoms with Crippen LogP contribution in [0.3, 0.4) is 0 Å². The highest BCUT2D eigenvalue weighted by Gasteiger charge is 2.42. The molecule has 89 heavy (non-hydrogen) atoms. The van der Waals surface area contributed by atoms with Crippen LogP contribution in [0.1, 0.15) is 151 Å². The van der Waals surface area contributed by atoms with E-state index in [2.05, 4.69) is 70.2 Å². The predicted octanol–water partition coefficient (Wildman–Crippen LogP) is 12.8. The lowest BCUT2D eigenvalue weighted by molar-refractivity contribution is -0.142. The average Bonchev–Trinajstić information content (AvgIpc) is 3.09. The lowest BCUT2D eigenvalue weighted by Crippen LogP contribution is -2.57. The third-order valence-electron chi connectivity index (χ3n) is 18.3. The molecule has 3 aliphatic heterocycles. The number of carbonyl (C=O) groups is 5. The maximum Gasteiger partial charge on any atom is 0.280 e. The largest absolute Gasteiger partial charge is 0.371 e. The summed E-state index contributed by atoms with van der Waals surface area (Å²) in [4.78, 5) is 92.5. The zero-order valence-corrected chi connectivity index (χ0v) is 54.0. The number of aryl methyl sites for hydroxylation is 1. The summed E-state index contributed by atoms with van der Waals surface area (Å²) in [5, 5.41) is 14.9. The van der Waals surface area contributed by atoms with Crippen molar-refractivity contribution in [2.45, 2.75) is 142 Å². The highest BCUT2D eigenvalue weighted by Crippen LogP contribution is 2.36. The third kappa shape index (κ3) is 13.6. The summed E-state index contributed by atoms with van der Waals surface area (Å²) in [5.41, 5.74) is 12.1. The molecule has 1 aliphatic carbocycles. The van der Waals surface area contributed by atoms with Gasteiger partial charge in [-0.05, 0) is 166 Å². The molecule has 462 valence electrons. The van der Waals surface area contributed by atoms with Gasteiger partial charge in [-0.25, -0.2) is 15.0 Å². The Morgan fingerprint density at radius 2 is 1.52 bits per heavy atom. The molecule has 0 bridgehead atoms. The van der Waals surface area contributed by atoms with Gasteiger partial charge in [-0.15, -0.1) is 11.3 Å². The first kappa shape index (κ1) is 61.3. The van der Waals surface area contributed by atoms with Gasteiger partial charge in [0.15, 0.2) is 5.13 Å². The summed E-state index contributed by atoms with van der Waals surface area (Å²) in [6.45, 7) is 15.7. The van der Waals surface area contributed by atoms with Crippen LogP contribution in [0.15, 0.2) is 115 Å². The molecule has 20 heteroatoms. The molecule has 4 N–H and O–H groups in total. The molecule has 17 nitrogen and oxygen atoms in total. The molecule has 3 fully saturated rings. The summed E-state index contributed by atoms with van der Waals surface area (Å²) < 4.78 is 6.33. The van der Waals surface area contributed by atoms with Crippen molar-refractivity contribution in [3.63, 3.8) is 0 Å². The van der Waals surface area contributed by atoms with Crippen LogP contribution in [0, 0.1) is 25.2 Å². The van der Waals surface area contributed by atoms with Gasteiger partial charge in [0.25, 0.3) is 17.7 Å². The number of pyridine rings is 1. The number of hydrogen-bond donors (Lipinski definition) is 4. The number of rotatable bonds is 17. The van der Waals surface area contributed by atoms with E-state index in [0.29, 0.717) is 72.6 Å². The van der Waals surface area contributed by atoms with Gasteiger partial charge in [-0.1, -0.05) is 99.9 Å². The summed E-state index contributed by atoms with van der Waals surface area (Å²) in [6, 6.07) is 31.6. The quantitative estimate of drug-likeness (QED) is 0.0630. The Morgan fingerprint density at radius 1 is 0.742 bits per heavy atom. The number of anilines is 3. The van der Waals surface area contributed by atoms with Crippen molar-refractivity contribution in [1.29, 1.82) is 0 Å². The fourth-order valence-corrected chi connectivity index (χ4v) is 15.6. The van der Waals surface area contributed by atoms with E-state index < -0.39 is 17.5 Å². The minimum atomic E-state index is -0.870. The smallest absolute Gasteiger partial charge is 0.280 e. The zero-order chi connectivity index (χ0) is 61.9. The molecular weight excluding hydrogens is 1170 g/mol. The molecule has 3 atom stereocenters. The molecule has 7 heterocycles. The highest BCUT2D eigenvalue weighted by molar-refractivity contribution is 7.98. The zero-order valence-electron chi connectivity index (χ0n) is 51.5. The minimum Gasteiger partial charge on any atom is -0.371 e. The Morgan fingerprint density at radius 3 is 2.26 bits per heavy atom. The van der Waals surface area contributed by atoms with Crippen molar-refractivity contribution in [2.24, 2.45) is 11.3 Å². The fourth-order valence-electron chi connectivity index (χ4n) is 13.1. The van der Waals surface area contributed by atoms with Crippen molar-refractivity contribution < 1.29 is 24.0 Å². The molecule has 2 saturated heterocycles. The van der Waals surface area contributed by atoms with Gasteiger partial charge >= 0.3 is 0 Å². The van der Waals surface area contributed by atoms with Gasteiger partial charge in [0.05, 0.1) is 38.5 Å². The Balaban J connectivity index is 0.676. The average molecular weight is 1250 g/mol. The SMILES string of the molecule is Cc1ncsc1-c1ccc(C(C)NC(=O)C2CCCN2C(=O)C(NC(=O)c2ccc(N3CCC(SNC(=O)c4nc(N5CCc6cccc(C(=O)Nc7nc8ccccc8s7)c6C5)ccc4-c4cnn(CC5CCCCC5)c4C)CC3)cc2)C(C)(C)C)cc1. The third-order valence-corrected chi connectivity index (χ3v) is 21.3. The maximum atomic E-state index is 14.7. The molecular formula is C69H78N12O5S3. The van der Waals surface area contributed by atoms with E-state index in [9.17, 15) is 24.0 Å². The second-order valence-corrected chi connectivity index (χ2v) is 28.3. The van der Waals surface area contributed by atoms with Crippen molar-refractivity contribution in [3.05, 3.63) is 160 Å². The van der Waals surface area contributed by atoms with Crippen LogP contribution in [0.25, 0.3) is 31.8 Å². The molecule has 4 aromatic heterocycles. The first-order chi connectivity index (χ1) is 43.0. The maximum absolute atomic E-state index is 14.7. The molecule has 4 aliphatic rings. The molecule has 4 aromatic carbocycles. The number of likely N-dealkylation sites (tertiary alicyclic amines) is 1. The number of carbonyl (C=O) groups excluding carboxylic acids is 5. The molecule has 12 rings (SSSR count). The van der Waals surface area contributed by atoms with Gasteiger partial charge in [0, 0.05) is 78.2 Å². The summed E-state index contributed by atoms with van der Waals surface area (Å²) in [5.74, 6) is -0.0784. The molecule has 5 amide bonds. The van der Waals surface area contributed by atoms with Crippen LogP contribution in [0.5, 0.6) is 0 Å². The van der Waals surface area contributed by atoms with Crippen LogP contribution in [-0.2, 0) is 29.1 Å². The van der Waals surface area contributed by atoms with E-state index in [1.807, 2.05) is 119 Å². The van der Waals surface area contributed by atoms with Crippen LogP contribution < -0.4 is 30.5 Å². The summed E-state index contributed by atoms with van der Waals surface area (Å²) in [6.07, 6.45) is 11.6. The van der Waals surface area contributed by atoms with E-state index in [1.54, 1.807) is 28.4 Å². The Bertz CT molecular complexity index is 3860. The van der Waals surface area contributed by atoms with E-state index >= 15 is 0 Å². The summed E-state index contributed by atoms with van der Waals surface area (Å²) in [7, 11) is 0. The molecule has 3 unspecified atom stereocenters.